The molecule has 2 aromatic carbocycles. The van der Waals surface area contributed by atoms with Crippen LogP contribution in [0.2, 0.25) is 0 Å². The highest BCUT2D eigenvalue weighted by atomic mass is 16.4. The van der Waals surface area contributed by atoms with Gasteiger partial charge in [-0.15, -0.1) is 0 Å². The topological polar surface area (TPSA) is 109 Å². The highest BCUT2D eigenvalue weighted by Crippen LogP contribution is 2.16. The van der Waals surface area contributed by atoms with Gasteiger partial charge in [0.1, 0.15) is 17.6 Å². The van der Waals surface area contributed by atoms with Gasteiger partial charge in [-0.2, -0.15) is 5.26 Å². The quantitative estimate of drug-likeness (QED) is 0.567. The third-order valence-electron chi connectivity index (χ3n) is 4.48. The molecule has 0 radical (unpaired) electrons. The van der Waals surface area contributed by atoms with Crippen molar-refractivity contribution in [2.24, 2.45) is 0 Å². The van der Waals surface area contributed by atoms with Crippen LogP contribution < -0.4 is 5.56 Å². The van der Waals surface area contributed by atoms with E-state index in [4.69, 9.17) is 5.26 Å². The zero-order chi connectivity index (χ0) is 21.1. The first-order valence-corrected chi connectivity index (χ1v) is 8.96. The third kappa shape index (κ3) is 3.57. The Morgan fingerprint density at radius 2 is 1.90 bits per heavy atom. The highest BCUT2D eigenvalue weighted by molar-refractivity contribution is 5.88. The average molecular weight is 394 g/mol. The maximum absolute atomic E-state index is 13.2. The second-order valence-corrected chi connectivity index (χ2v) is 6.41. The van der Waals surface area contributed by atoms with Crippen LogP contribution in [-0.4, -0.2) is 25.6 Å². The Morgan fingerprint density at radius 3 is 2.63 bits per heavy atom. The number of carbonyl (C=O) groups is 1. The molecule has 0 bridgehead atoms. The second kappa shape index (κ2) is 7.81. The Morgan fingerprint density at radius 1 is 1.07 bits per heavy atom. The minimum atomic E-state index is -1.08. The van der Waals surface area contributed by atoms with E-state index in [0.717, 1.165) is 5.56 Å². The van der Waals surface area contributed by atoms with Crippen LogP contribution in [0.5, 0.6) is 0 Å². The van der Waals surface area contributed by atoms with E-state index in [1.807, 2.05) is 6.07 Å². The molecule has 7 nitrogen and oxygen atoms in total. The number of nitrogens with zero attached hydrogens (tertiary/aromatic N) is 4. The number of benzene rings is 2. The van der Waals surface area contributed by atoms with Crippen LogP contribution >= 0.6 is 0 Å². The number of hydrogen-bond acceptors (Lipinski definition) is 5. The van der Waals surface area contributed by atoms with Crippen LogP contribution in [0.1, 0.15) is 27.4 Å². The molecule has 0 aliphatic carbocycles. The number of carboxylic acids is 1. The minimum Gasteiger partial charge on any atom is -0.478 e. The number of pyridine rings is 1. The fourth-order valence-electron chi connectivity index (χ4n) is 3.03. The summed E-state index contributed by atoms with van der Waals surface area (Å²) in [6.45, 7) is 0. The summed E-state index contributed by atoms with van der Waals surface area (Å²) >= 11 is 0. The van der Waals surface area contributed by atoms with Crippen molar-refractivity contribution in [3.63, 3.8) is 0 Å². The number of rotatable bonds is 4. The lowest BCUT2D eigenvalue weighted by Crippen LogP contribution is -2.22. The number of carboxylic acid groups (broad SMARTS) is 1. The molecule has 0 atom stereocenters. The van der Waals surface area contributed by atoms with Crippen molar-refractivity contribution in [2.45, 2.75) is 0 Å². The van der Waals surface area contributed by atoms with Crippen molar-refractivity contribution in [3.05, 3.63) is 99.9 Å². The molecular weight excluding hydrogens is 380 g/mol. The van der Waals surface area contributed by atoms with Crippen molar-refractivity contribution >= 4 is 29.0 Å². The molecule has 0 saturated heterocycles. The zero-order valence-electron chi connectivity index (χ0n) is 15.6. The molecule has 2 heterocycles. The van der Waals surface area contributed by atoms with Crippen LogP contribution in [0.4, 0.5) is 0 Å². The molecule has 30 heavy (non-hydrogen) atoms. The van der Waals surface area contributed by atoms with Crippen LogP contribution in [0, 0.1) is 11.3 Å². The lowest BCUT2D eigenvalue weighted by atomic mass is 10.1. The Bertz CT molecular complexity index is 1400. The minimum absolute atomic E-state index is 0.0683. The number of para-hydroxylation sites is 1. The first-order chi connectivity index (χ1) is 14.6. The van der Waals surface area contributed by atoms with Crippen LogP contribution in [-0.2, 0) is 0 Å². The molecule has 2 aromatic heterocycles. The maximum atomic E-state index is 13.2. The lowest BCUT2D eigenvalue weighted by molar-refractivity contribution is 0.0697. The van der Waals surface area contributed by atoms with Gasteiger partial charge in [0.25, 0.3) is 5.56 Å². The first-order valence-electron chi connectivity index (χ1n) is 8.96. The number of nitriles is 1. The Balaban J connectivity index is 1.91. The van der Waals surface area contributed by atoms with Gasteiger partial charge < -0.3 is 5.11 Å². The van der Waals surface area contributed by atoms with Crippen molar-refractivity contribution in [2.75, 3.05) is 0 Å². The van der Waals surface area contributed by atoms with Crippen molar-refractivity contribution < 1.29 is 9.90 Å². The molecule has 0 spiro atoms. The summed E-state index contributed by atoms with van der Waals surface area (Å²) in [6.07, 6.45) is 4.93. The van der Waals surface area contributed by atoms with Gasteiger partial charge in [-0.05, 0) is 54.1 Å². The number of hydrogen-bond donors (Lipinski definition) is 1. The van der Waals surface area contributed by atoms with Crippen LogP contribution in [0.25, 0.3) is 28.7 Å². The summed E-state index contributed by atoms with van der Waals surface area (Å²) < 4.78 is 1.38. The standard InChI is InChI=1S/C23H14N4O3/c24-13-17-10-8-15(14-25-17)9-11-21-26-20-7-2-1-6-19(20)22(28)27(21)18-5-3-4-16(12-18)23(29)30/h1-12,14H,(H,29,30)/b11-9+. The number of aromatic nitrogens is 3. The highest BCUT2D eigenvalue weighted by Gasteiger charge is 2.12. The van der Waals surface area contributed by atoms with Gasteiger partial charge in [0.15, 0.2) is 0 Å². The van der Waals surface area contributed by atoms with Gasteiger partial charge in [0.2, 0.25) is 0 Å². The molecular formula is C23H14N4O3. The average Bonchev–Trinajstić information content (AvgIpc) is 2.78. The van der Waals surface area contributed by atoms with Crippen molar-refractivity contribution in [1.82, 2.24) is 14.5 Å². The largest absolute Gasteiger partial charge is 0.478 e. The summed E-state index contributed by atoms with van der Waals surface area (Å²) in [7, 11) is 0. The zero-order valence-corrected chi connectivity index (χ0v) is 15.6. The van der Waals surface area contributed by atoms with Gasteiger partial charge >= 0.3 is 5.97 Å². The van der Waals surface area contributed by atoms with E-state index in [2.05, 4.69) is 9.97 Å². The fourth-order valence-corrected chi connectivity index (χ4v) is 3.03. The van der Waals surface area contributed by atoms with Crippen LogP contribution in [0.15, 0.2) is 71.7 Å². The molecule has 0 fully saturated rings. The van der Waals surface area contributed by atoms with Gasteiger partial charge in [-0.1, -0.05) is 24.3 Å². The Labute approximate surface area is 170 Å². The molecule has 144 valence electrons. The number of aromatic carboxylic acids is 1. The summed E-state index contributed by atoms with van der Waals surface area (Å²) in [5.74, 6) is -0.745. The molecule has 4 aromatic rings. The predicted molar refractivity (Wildman–Crippen MR) is 112 cm³/mol. The van der Waals surface area contributed by atoms with E-state index in [1.54, 1.807) is 66.9 Å². The predicted octanol–water partition coefficient (Wildman–Crippen LogP) is 3.52. The van der Waals surface area contributed by atoms with Crippen molar-refractivity contribution in [1.29, 1.82) is 5.26 Å². The van der Waals surface area contributed by atoms with Crippen molar-refractivity contribution in [3.8, 4) is 11.8 Å². The van der Waals surface area contributed by atoms with E-state index in [1.165, 1.54) is 16.7 Å². The monoisotopic (exact) mass is 394 g/mol. The summed E-state index contributed by atoms with van der Waals surface area (Å²) in [5.41, 5.74) is 1.72. The van der Waals surface area contributed by atoms with E-state index in [0.29, 0.717) is 28.1 Å². The Kier molecular flexibility index (Phi) is 4.89. The molecule has 7 heteroatoms. The normalized spacial score (nSPS) is 10.9. The van der Waals surface area contributed by atoms with Crippen LogP contribution in [0.3, 0.4) is 0 Å². The molecule has 0 amide bonds. The third-order valence-corrected chi connectivity index (χ3v) is 4.48. The Hall–Kier alpha value is -4.57. The summed E-state index contributed by atoms with van der Waals surface area (Å²) in [4.78, 5) is 33.2. The summed E-state index contributed by atoms with van der Waals surface area (Å²) in [6, 6.07) is 18.4. The molecule has 4 rings (SSSR count). The summed E-state index contributed by atoms with van der Waals surface area (Å²) in [5, 5.41) is 18.6. The smallest absolute Gasteiger partial charge is 0.335 e. The van der Waals surface area contributed by atoms with E-state index >= 15 is 0 Å². The molecule has 0 unspecified atom stereocenters. The first kappa shape index (κ1) is 18.8. The van der Waals surface area contributed by atoms with E-state index < -0.39 is 5.97 Å². The molecule has 0 aliphatic heterocycles. The molecule has 0 aliphatic rings. The maximum Gasteiger partial charge on any atom is 0.335 e. The van der Waals surface area contributed by atoms with Gasteiger partial charge in [-0.25, -0.2) is 14.8 Å². The lowest BCUT2D eigenvalue weighted by Gasteiger charge is -2.12. The SMILES string of the molecule is N#Cc1ccc(/C=C/c2nc3ccccc3c(=O)n2-c2cccc(C(=O)O)c2)cn1. The van der Waals surface area contributed by atoms with Gasteiger partial charge in [0.05, 0.1) is 22.2 Å². The second-order valence-electron chi connectivity index (χ2n) is 6.41. The fraction of sp³-hybridized carbons (Fsp3) is 0. The molecule has 1 N–H and O–H groups in total. The van der Waals surface area contributed by atoms with E-state index in [9.17, 15) is 14.7 Å². The molecule has 0 saturated carbocycles. The van der Waals surface area contributed by atoms with Gasteiger partial charge in [0, 0.05) is 6.20 Å². The number of fused-ring (bicyclic) bond motifs is 1. The van der Waals surface area contributed by atoms with E-state index in [-0.39, 0.29) is 11.1 Å². The van der Waals surface area contributed by atoms with Gasteiger partial charge in [-0.3, -0.25) is 9.36 Å².